The summed E-state index contributed by atoms with van der Waals surface area (Å²) >= 11 is 0. The Morgan fingerprint density at radius 1 is 1.25 bits per heavy atom. The summed E-state index contributed by atoms with van der Waals surface area (Å²) in [4.78, 5) is 6.95. The summed E-state index contributed by atoms with van der Waals surface area (Å²) < 4.78 is 7.81. The van der Waals surface area contributed by atoms with Crippen LogP contribution in [0.1, 0.15) is 36.2 Å². The maximum atomic E-state index is 5.67. The fourth-order valence-corrected chi connectivity index (χ4v) is 5.02. The molecule has 0 bridgehead atoms. The predicted molar refractivity (Wildman–Crippen MR) is 110 cm³/mol. The molecular weight excluding hydrogens is 350 g/mol. The largest absolute Gasteiger partial charge is 0.381 e. The molecule has 0 saturated carbocycles. The monoisotopic (exact) mass is 379 g/mol. The van der Waals surface area contributed by atoms with Crippen molar-refractivity contribution in [3.05, 3.63) is 47.3 Å². The van der Waals surface area contributed by atoms with Gasteiger partial charge in [-0.3, -0.25) is 4.99 Å². The number of rotatable bonds is 3. The lowest BCUT2D eigenvalue weighted by molar-refractivity contribution is 0.156. The van der Waals surface area contributed by atoms with Crippen LogP contribution in [0.25, 0.3) is 5.69 Å². The third-order valence-electron chi connectivity index (χ3n) is 6.56. The summed E-state index contributed by atoms with van der Waals surface area (Å²) in [6, 6.07) is 10.5. The van der Waals surface area contributed by atoms with Crippen molar-refractivity contribution < 1.29 is 4.74 Å². The lowest BCUT2D eigenvalue weighted by Gasteiger charge is -2.24. The predicted octanol–water partition coefficient (Wildman–Crippen LogP) is 2.55. The lowest BCUT2D eigenvalue weighted by atomic mass is 9.87. The lowest BCUT2D eigenvalue weighted by Crippen LogP contribution is -2.41. The Hall–Kier alpha value is -2.34. The molecule has 0 amide bonds. The molecule has 5 rings (SSSR count). The van der Waals surface area contributed by atoms with E-state index in [2.05, 4.69) is 50.2 Å². The van der Waals surface area contributed by atoms with Crippen LogP contribution in [0, 0.1) is 5.41 Å². The first-order chi connectivity index (χ1) is 13.8. The molecule has 28 heavy (non-hydrogen) atoms. The fraction of sp³-hybridized carbons (Fsp3) is 0.545. The average molecular weight is 380 g/mol. The highest BCUT2D eigenvalue weighted by atomic mass is 16.5. The van der Waals surface area contributed by atoms with Gasteiger partial charge in [0.05, 0.1) is 24.5 Å². The van der Waals surface area contributed by atoms with Gasteiger partial charge in [0.15, 0.2) is 5.96 Å². The van der Waals surface area contributed by atoms with Crippen molar-refractivity contribution in [1.29, 1.82) is 0 Å². The zero-order valence-electron chi connectivity index (χ0n) is 16.7. The Morgan fingerprint density at radius 2 is 2.14 bits per heavy atom. The topological polar surface area (TPSA) is 54.7 Å². The maximum Gasteiger partial charge on any atom is 0.193 e. The Kier molecular flexibility index (Phi) is 4.59. The Labute approximate surface area is 166 Å². The summed E-state index contributed by atoms with van der Waals surface area (Å²) in [5.41, 5.74) is 5.46. The summed E-state index contributed by atoms with van der Waals surface area (Å²) in [5, 5.41) is 8.55. The molecule has 0 radical (unpaired) electrons. The number of guanidine groups is 1. The van der Waals surface area contributed by atoms with E-state index in [4.69, 9.17) is 9.84 Å². The van der Waals surface area contributed by atoms with Gasteiger partial charge in [0.1, 0.15) is 0 Å². The number of nitrogens with one attached hydrogen (secondary N) is 1. The van der Waals surface area contributed by atoms with Gasteiger partial charge in [0.25, 0.3) is 0 Å². The van der Waals surface area contributed by atoms with Gasteiger partial charge in [0.2, 0.25) is 0 Å². The van der Waals surface area contributed by atoms with Crippen molar-refractivity contribution >= 4 is 5.96 Å². The molecule has 2 aliphatic heterocycles. The standard InChI is InChI=1S/C22H29N5O/c1-23-21(26-12-10-22(15-26)11-13-28-16-22)24-14-19-18-8-5-9-20(18)27(25-19)17-6-3-2-4-7-17/h2-4,6-7H,5,8-16H2,1H3,(H,23,24). The quantitative estimate of drug-likeness (QED) is 0.658. The SMILES string of the molecule is CN=C(NCc1nn(-c2ccccc2)c2c1CCC2)N1CCC2(CCOC2)C1. The zero-order valence-corrected chi connectivity index (χ0v) is 16.7. The molecule has 1 aliphatic carbocycles. The third-order valence-corrected chi connectivity index (χ3v) is 6.56. The number of hydrogen-bond acceptors (Lipinski definition) is 3. The maximum absolute atomic E-state index is 5.67. The van der Waals surface area contributed by atoms with Crippen molar-refractivity contribution in [2.45, 2.75) is 38.6 Å². The van der Waals surface area contributed by atoms with Crippen molar-refractivity contribution in [3.63, 3.8) is 0 Å². The number of fused-ring (bicyclic) bond motifs is 1. The van der Waals surface area contributed by atoms with Crippen LogP contribution in [-0.4, -0.2) is 54.0 Å². The first kappa shape index (κ1) is 17.7. The minimum atomic E-state index is 0.341. The number of aromatic nitrogens is 2. The van der Waals surface area contributed by atoms with Crippen molar-refractivity contribution in [2.24, 2.45) is 10.4 Å². The highest BCUT2D eigenvalue weighted by Crippen LogP contribution is 2.38. The normalized spacial score (nSPS) is 24.3. The van der Waals surface area contributed by atoms with Gasteiger partial charge in [-0.25, -0.2) is 4.68 Å². The number of nitrogens with zero attached hydrogens (tertiary/aromatic N) is 4. The second-order valence-electron chi connectivity index (χ2n) is 8.35. The van der Waals surface area contributed by atoms with E-state index >= 15 is 0 Å². The molecule has 3 aliphatic rings. The van der Waals surface area contributed by atoms with Gasteiger partial charge in [0, 0.05) is 37.9 Å². The molecule has 1 unspecified atom stereocenters. The van der Waals surface area contributed by atoms with Crippen LogP contribution in [-0.2, 0) is 24.1 Å². The zero-order chi connectivity index (χ0) is 19.0. The van der Waals surface area contributed by atoms with E-state index in [0.717, 1.165) is 63.0 Å². The van der Waals surface area contributed by atoms with Gasteiger partial charge < -0.3 is 15.0 Å². The smallest absolute Gasteiger partial charge is 0.193 e. The number of hydrogen-bond donors (Lipinski definition) is 1. The van der Waals surface area contributed by atoms with Crippen molar-refractivity contribution in [2.75, 3.05) is 33.4 Å². The molecule has 1 spiro atoms. The van der Waals surface area contributed by atoms with Crippen LogP contribution in [0.4, 0.5) is 0 Å². The summed E-state index contributed by atoms with van der Waals surface area (Å²) in [6.07, 6.45) is 5.83. The van der Waals surface area contributed by atoms with Gasteiger partial charge in [-0.15, -0.1) is 0 Å². The molecule has 2 fully saturated rings. The Bertz CT molecular complexity index is 867. The molecule has 3 heterocycles. The van der Waals surface area contributed by atoms with Crippen LogP contribution < -0.4 is 5.32 Å². The van der Waals surface area contributed by atoms with Gasteiger partial charge >= 0.3 is 0 Å². The van der Waals surface area contributed by atoms with E-state index in [1.807, 2.05) is 7.05 Å². The molecule has 148 valence electrons. The van der Waals surface area contributed by atoms with Crippen LogP contribution in [0.3, 0.4) is 0 Å². The van der Waals surface area contributed by atoms with E-state index in [0.29, 0.717) is 5.41 Å². The highest BCUT2D eigenvalue weighted by molar-refractivity contribution is 5.80. The highest BCUT2D eigenvalue weighted by Gasteiger charge is 2.42. The summed E-state index contributed by atoms with van der Waals surface area (Å²) in [6.45, 7) is 4.64. The fourth-order valence-electron chi connectivity index (χ4n) is 5.02. The number of likely N-dealkylation sites (tertiary alicyclic amines) is 1. The molecule has 1 aromatic heterocycles. The van der Waals surface area contributed by atoms with Crippen molar-refractivity contribution in [1.82, 2.24) is 20.0 Å². The van der Waals surface area contributed by atoms with Crippen molar-refractivity contribution in [3.8, 4) is 5.69 Å². The van der Waals surface area contributed by atoms with Gasteiger partial charge in [-0.2, -0.15) is 5.10 Å². The summed E-state index contributed by atoms with van der Waals surface area (Å²) in [5.74, 6) is 0.991. The molecule has 6 heteroatoms. The van der Waals surface area contributed by atoms with Gasteiger partial charge in [-0.1, -0.05) is 18.2 Å². The molecule has 2 aromatic rings. The molecule has 2 saturated heterocycles. The van der Waals surface area contributed by atoms with Crippen LogP contribution in [0.2, 0.25) is 0 Å². The number of ether oxygens (including phenoxy) is 1. The van der Waals surface area contributed by atoms with Crippen LogP contribution in [0.15, 0.2) is 35.3 Å². The molecule has 1 N–H and O–H groups in total. The number of benzene rings is 1. The molecular formula is C22H29N5O. The van der Waals surface area contributed by atoms with Gasteiger partial charge in [-0.05, 0) is 49.8 Å². The minimum Gasteiger partial charge on any atom is -0.381 e. The van der Waals surface area contributed by atoms with E-state index in [9.17, 15) is 0 Å². The minimum absolute atomic E-state index is 0.341. The van der Waals surface area contributed by atoms with E-state index < -0.39 is 0 Å². The molecule has 1 atom stereocenters. The molecule has 6 nitrogen and oxygen atoms in total. The number of para-hydroxylation sites is 1. The Balaban J connectivity index is 1.31. The second-order valence-corrected chi connectivity index (χ2v) is 8.35. The average Bonchev–Trinajstić information content (AvgIpc) is 3.51. The third kappa shape index (κ3) is 3.09. The first-order valence-electron chi connectivity index (χ1n) is 10.5. The van der Waals surface area contributed by atoms with E-state index in [1.165, 1.54) is 30.5 Å². The second kappa shape index (κ2) is 7.24. The van der Waals surface area contributed by atoms with E-state index in [1.54, 1.807) is 0 Å². The van der Waals surface area contributed by atoms with E-state index in [-0.39, 0.29) is 0 Å². The van der Waals surface area contributed by atoms with Crippen LogP contribution >= 0.6 is 0 Å². The summed E-state index contributed by atoms with van der Waals surface area (Å²) in [7, 11) is 1.88. The molecule has 1 aromatic carbocycles. The number of aliphatic imine (C=N–C) groups is 1. The first-order valence-corrected chi connectivity index (χ1v) is 10.5. The Morgan fingerprint density at radius 3 is 2.93 bits per heavy atom. The van der Waals surface area contributed by atoms with Crippen LogP contribution in [0.5, 0.6) is 0 Å².